The van der Waals surface area contributed by atoms with Crippen molar-refractivity contribution in [2.75, 3.05) is 44.4 Å². The molecule has 3 N–H and O–H groups in total. The number of anilines is 1. The lowest BCUT2D eigenvalue weighted by Gasteiger charge is -2.29. The van der Waals surface area contributed by atoms with Gasteiger partial charge in [0.1, 0.15) is 5.75 Å². The van der Waals surface area contributed by atoms with Crippen molar-refractivity contribution in [3.8, 4) is 5.75 Å². The van der Waals surface area contributed by atoms with Gasteiger partial charge in [-0.1, -0.05) is 155 Å². The molecule has 2 atom stereocenters. The Balaban J connectivity index is 2.15. The number of phenolic OH excluding ortho intramolecular Hbond substituents is 1. The van der Waals surface area contributed by atoms with E-state index in [1.807, 2.05) is 17.0 Å². The van der Waals surface area contributed by atoms with Gasteiger partial charge in [0.15, 0.2) is 0 Å². The summed E-state index contributed by atoms with van der Waals surface area (Å²) in [6.07, 6.45) is 30.2. The van der Waals surface area contributed by atoms with E-state index in [2.05, 4.69) is 13.8 Å². The van der Waals surface area contributed by atoms with Crippen LogP contribution < -0.4 is 4.90 Å². The quantitative estimate of drug-likeness (QED) is 0.0635. The van der Waals surface area contributed by atoms with Crippen LogP contribution in [0.4, 0.5) is 5.69 Å². The highest BCUT2D eigenvalue weighted by molar-refractivity contribution is 5.49. The predicted octanol–water partition coefficient (Wildman–Crippen LogP) is 10.4. The normalized spacial score (nSPS) is 12.9. The van der Waals surface area contributed by atoms with Gasteiger partial charge in [-0.15, -0.1) is 0 Å². The number of aliphatic hydroxyl groups excluding tert-OH is 2. The topological polar surface area (TPSA) is 82.4 Å². The molecule has 0 fully saturated rings. The van der Waals surface area contributed by atoms with E-state index in [0.29, 0.717) is 26.3 Å². The average molecular weight is 650 g/mol. The first-order chi connectivity index (χ1) is 22.6. The van der Waals surface area contributed by atoms with E-state index in [-0.39, 0.29) is 19.0 Å². The molecule has 0 bridgehead atoms. The molecule has 0 saturated heterocycles. The molecule has 0 heterocycles. The summed E-state index contributed by atoms with van der Waals surface area (Å²) in [5.74, 6) is 0.196. The molecule has 0 aliphatic heterocycles. The molecule has 270 valence electrons. The standard InChI is InChI=1S/C40H75NO5/c1-3-5-7-9-11-13-15-17-19-21-23-25-31-45-35-39(43)33-41(37-27-29-38(42)30-28-37)34-40(44)36-46-32-26-24-22-20-18-16-14-12-10-8-6-4-2/h27-30,39-40,42-44H,3-26,31-36H2,1-2H3. The molecule has 0 aliphatic rings. The minimum Gasteiger partial charge on any atom is -0.508 e. The minimum absolute atomic E-state index is 0.196. The Labute approximate surface area is 284 Å². The van der Waals surface area contributed by atoms with Gasteiger partial charge < -0.3 is 29.7 Å². The van der Waals surface area contributed by atoms with Gasteiger partial charge in [0, 0.05) is 32.0 Å². The van der Waals surface area contributed by atoms with Crippen molar-refractivity contribution >= 4 is 5.69 Å². The summed E-state index contributed by atoms with van der Waals surface area (Å²) >= 11 is 0. The highest BCUT2D eigenvalue weighted by Gasteiger charge is 2.17. The molecule has 6 heteroatoms. The molecule has 0 aromatic heterocycles. The fourth-order valence-corrected chi connectivity index (χ4v) is 6.09. The van der Waals surface area contributed by atoms with E-state index < -0.39 is 12.2 Å². The number of ether oxygens (including phenoxy) is 2. The Morgan fingerprint density at radius 2 is 0.783 bits per heavy atom. The van der Waals surface area contributed by atoms with E-state index in [0.717, 1.165) is 18.5 Å². The zero-order valence-corrected chi connectivity index (χ0v) is 30.3. The second-order valence-electron chi connectivity index (χ2n) is 13.7. The first-order valence-corrected chi connectivity index (χ1v) is 19.6. The third kappa shape index (κ3) is 26.7. The second kappa shape index (κ2) is 32.2. The predicted molar refractivity (Wildman–Crippen MR) is 196 cm³/mol. The average Bonchev–Trinajstić information content (AvgIpc) is 3.05. The number of benzene rings is 1. The van der Waals surface area contributed by atoms with E-state index in [1.54, 1.807) is 12.1 Å². The number of nitrogens with zero attached hydrogens (tertiary/aromatic N) is 1. The molecule has 0 spiro atoms. The van der Waals surface area contributed by atoms with Crippen molar-refractivity contribution in [1.82, 2.24) is 0 Å². The van der Waals surface area contributed by atoms with Crippen LogP contribution in [0.25, 0.3) is 0 Å². The summed E-state index contributed by atoms with van der Waals surface area (Å²) in [6, 6.07) is 6.90. The van der Waals surface area contributed by atoms with Crippen molar-refractivity contribution in [2.24, 2.45) is 0 Å². The van der Waals surface area contributed by atoms with Crippen LogP contribution in [0.15, 0.2) is 24.3 Å². The lowest BCUT2D eigenvalue weighted by molar-refractivity contribution is 0.0284. The number of hydrogen-bond acceptors (Lipinski definition) is 6. The van der Waals surface area contributed by atoms with Crippen LogP contribution in [0.5, 0.6) is 5.75 Å². The monoisotopic (exact) mass is 650 g/mol. The molecular formula is C40H75NO5. The lowest BCUT2D eigenvalue weighted by Crippen LogP contribution is -2.41. The number of rotatable bonds is 35. The highest BCUT2D eigenvalue weighted by Crippen LogP contribution is 2.20. The number of aromatic hydroxyl groups is 1. The van der Waals surface area contributed by atoms with Crippen LogP contribution in [0.2, 0.25) is 0 Å². The second-order valence-corrected chi connectivity index (χ2v) is 13.7. The summed E-state index contributed by atoms with van der Waals surface area (Å²) < 4.78 is 11.6. The van der Waals surface area contributed by atoms with Crippen LogP contribution in [0.3, 0.4) is 0 Å². The molecule has 0 aliphatic carbocycles. The Hall–Kier alpha value is -1.34. The Bertz CT molecular complexity index is 706. The zero-order chi connectivity index (χ0) is 33.3. The van der Waals surface area contributed by atoms with E-state index in [4.69, 9.17) is 9.47 Å². The molecular weight excluding hydrogens is 574 g/mol. The lowest BCUT2D eigenvalue weighted by atomic mass is 10.1. The molecule has 0 amide bonds. The number of hydrogen-bond donors (Lipinski definition) is 3. The van der Waals surface area contributed by atoms with Gasteiger partial charge in [-0.3, -0.25) is 0 Å². The molecule has 0 saturated carbocycles. The van der Waals surface area contributed by atoms with Gasteiger partial charge >= 0.3 is 0 Å². The van der Waals surface area contributed by atoms with Crippen molar-refractivity contribution in [2.45, 2.75) is 180 Å². The maximum Gasteiger partial charge on any atom is 0.115 e. The summed E-state index contributed by atoms with van der Waals surface area (Å²) in [7, 11) is 0. The minimum atomic E-state index is -0.666. The molecule has 1 rings (SSSR count). The van der Waals surface area contributed by atoms with Gasteiger partial charge in [0.25, 0.3) is 0 Å². The third-order valence-electron chi connectivity index (χ3n) is 8.98. The van der Waals surface area contributed by atoms with Gasteiger partial charge in [-0.2, -0.15) is 0 Å². The van der Waals surface area contributed by atoms with Crippen LogP contribution in [-0.4, -0.2) is 67.0 Å². The van der Waals surface area contributed by atoms with Crippen molar-refractivity contribution in [3.63, 3.8) is 0 Å². The molecule has 1 aromatic carbocycles. The van der Waals surface area contributed by atoms with Crippen molar-refractivity contribution in [1.29, 1.82) is 0 Å². The largest absolute Gasteiger partial charge is 0.508 e. The molecule has 6 nitrogen and oxygen atoms in total. The van der Waals surface area contributed by atoms with Crippen molar-refractivity contribution in [3.05, 3.63) is 24.3 Å². The smallest absolute Gasteiger partial charge is 0.115 e. The molecule has 46 heavy (non-hydrogen) atoms. The molecule has 2 unspecified atom stereocenters. The Morgan fingerprint density at radius 3 is 1.11 bits per heavy atom. The summed E-state index contributed by atoms with van der Waals surface area (Å²) in [5, 5.41) is 31.2. The van der Waals surface area contributed by atoms with Gasteiger partial charge in [-0.25, -0.2) is 0 Å². The fourth-order valence-electron chi connectivity index (χ4n) is 6.09. The van der Waals surface area contributed by atoms with Crippen LogP contribution in [-0.2, 0) is 9.47 Å². The Morgan fingerprint density at radius 1 is 0.478 bits per heavy atom. The first-order valence-electron chi connectivity index (χ1n) is 19.6. The third-order valence-corrected chi connectivity index (χ3v) is 8.98. The van der Waals surface area contributed by atoms with Crippen LogP contribution >= 0.6 is 0 Å². The summed E-state index contributed by atoms with van der Waals surface area (Å²) in [5.41, 5.74) is 0.845. The van der Waals surface area contributed by atoms with Crippen molar-refractivity contribution < 1.29 is 24.8 Å². The zero-order valence-electron chi connectivity index (χ0n) is 30.3. The fraction of sp³-hybridized carbons (Fsp3) is 0.850. The number of unbranched alkanes of at least 4 members (excludes halogenated alkanes) is 22. The SMILES string of the molecule is CCCCCCCCCCCCCCOCC(O)CN(CC(O)COCCCCCCCCCCCCCC)c1ccc(O)cc1. The molecule has 0 radical (unpaired) electrons. The van der Waals surface area contributed by atoms with E-state index >= 15 is 0 Å². The summed E-state index contributed by atoms with van der Waals surface area (Å²) in [6.45, 7) is 7.12. The first kappa shape index (κ1) is 42.7. The van der Waals surface area contributed by atoms with E-state index in [1.165, 1.54) is 141 Å². The van der Waals surface area contributed by atoms with Gasteiger partial charge in [0.2, 0.25) is 0 Å². The Kier molecular flexibility index (Phi) is 29.9. The van der Waals surface area contributed by atoms with Crippen LogP contribution in [0, 0.1) is 0 Å². The van der Waals surface area contributed by atoms with Gasteiger partial charge in [0.05, 0.1) is 25.4 Å². The maximum atomic E-state index is 10.7. The molecule has 1 aromatic rings. The van der Waals surface area contributed by atoms with Crippen LogP contribution in [0.1, 0.15) is 168 Å². The summed E-state index contributed by atoms with van der Waals surface area (Å²) in [4.78, 5) is 1.95. The maximum absolute atomic E-state index is 10.7. The number of phenols is 1. The van der Waals surface area contributed by atoms with Gasteiger partial charge in [-0.05, 0) is 37.1 Å². The van der Waals surface area contributed by atoms with E-state index in [9.17, 15) is 15.3 Å². The number of aliphatic hydroxyl groups is 2. The highest BCUT2D eigenvalue weighted by atomic mass is 16.5.